The van der Waals surface area contributed by atoms with Crippen molar-refractivity contribution < 1.29 is 4.39 Å². The third-order valence-electron chi connectivity index (χ3n) is 3.93. The van der Waals surface area contributed by atoms with Crippen LogP contribution in [0.3, 0.4) is 0 Å². The molecule has 0 saturated heterocycles. The molecule has 0 radical (unpaired) electrons. The van der Waals surface area contributed by atoms with Crippen molar-refractivity contribution in [2.45, 2.75) is 46.2 Å². The van der Waals surface area contributed by atoms with Crippen molar-refractivity contribution in [3.8, 4) is 0 Å². The molecule has 2 aromatic rings. The van der Waals surface area contributed by atoms with E-state index in [1.165, 1.54) is 0 Å². The molecule has 0 fully saturated rings. The zero-order valence-electron chi connectivity index (χ0n) is 13.3. The van der Waals surface area contributed by atoms with Gasteiger partial charge in [0, 0.05) is 30.3 Å². The fraction of sp³-hybridized carbons (Fsp3) is 0.471. The van der Waals surface area contributed by atoms with Gasteiger partial charge in [-0.1, -0.05) is 25.1 Å². The van der Waals surface area contributed by atoms with Gasteiger partial charge < -0.3 is 5.32 Å². The minimum Gasteiger partial charge on any atom is -0.313 e. The fourth-order valence-corrected chi connectivity index (χ4v) is 2.64. The van der Waals surface area contributed by atoms with E-state index >= 15 is 0 Å². The van der Waals surface area contributed by atoms with Crippen LogP contribution >= 0.6 is 0 Å². The first-order chi connectivity index (χ1) is 10.1. The Morgan fingerprint density at radius 1 is 1.33 bits per heavy atom. The zero-order chi connectivity index (χ0) is 15.4. The summed E-state index contributed by atoms with van der Waals surface area (Å²) in [7, 11) is 1.87. The van der Waals surface area contributed by atoms with E-state index in [-0.39, 0.29) is 11.9 Å². The third kappa shape index (κ3) is 3.32. The molecule has 0 saturated carbocycles. The minimum absolute atomic E-state index is 0.0448. The van der Waals surface area contributed by atoms with Crippen LogP contribution in [0.5, 0.6) is 0 Å². The van der Waals surface area contributed by atoms with Gasteiger partial charge in [-0.2, -0.15) is 5.10 Å². The van der Waals surface area contributed by atoms with Crippen LogP contribution in [0.1, 0.15) is 42.4 Å². The van der Waals surface area contributed by atoms with Crippen molar-refractivity contribution in [3.05, 3.63) is 52.6 Å². The average molecular weight is 289 g/mol. The molecular weight excluding hydrogens is 265 g/mol. The summed E-state index contributed by atoms with van der Waals surface area (Å²) in [6, 6.07) is 7.65. The van der Waals surface area contributed by atoms with Gasteiger partial charge in [0.2, 0.25) is 0 Å². The van der Waals surface area contributed by atoms with Gasteiger partial charge in [-0.05, 0) is 38.9 Å². The number of aromatic nitrogens is 2. The van der Waals surface area contributed by atoms with Crippen LogP contribution in [0.2, 0.25) is 0 Å². The highest BCUT2D eigenvalue weighted by Gasteiger charge is 2.18. The molecule has 1 aromatic carbocycles. The molecule has 1 aromatic heterocycles. The number of hydrogen-bond donors (Lipinski definition) is 1. The van der Waals surface area contributed by atoms with Gasteiger partial charge >= 0.3 is 0 Å². The molecule has 0 aliphatic heterocycles. The second-order valence-electron chi connectivity index (χ2n) is 5.32. The Bertz CT molecular complexity index is 604. The van der Waals surface area contributed by atoms with Gasteiger partial charge in [0.15, 0.2) is 0 Å². The summed E-state index contributed by atoms with van der Waals surface area (Å²) < 4.78 is 16.3. The quantitative estimate of drug-likeness (QED) is 0.883. The first-order valence-corrected chi connectivity index (χ1v) is 7.58. The maximum absolute atomic E-state index is 14.3. The third-order valence-corrected chi connectivity index (χ3v) is 3.93. The second kappa shape index (κ2) is 6.85. The van der Waals surface area contributed by atoms with Crippen LogP contribution in [-0.2, 0) is 19.4 Å². The van der Waals surface area contributed by atoms with E-state index in [1.54, 1.807) is 13.0 Å². The number of rotatable bonds is 6. The molecule has 1 heterocycles. The van der Waals surface area contributed by atoms with Crippen LogP contribution in [0, 0.1) is 12.7 Å². The van der Waals surface area contributed by atoms with Crippen molar-refractivity contribution in [2.75, 3.05) is 7.05 Å². The molecule has 1 N–H and O–H groups in total. The molecule has 0 aliphatic rings. The lowest BCUT2D eigenvalue weighted by molar-refractivity contribution is 0.507. The monoisotopic (exact) mass is 289 g/mol. The second-order valence-corrected chi connectivity index (χ2v) is 5.32. The lowest BCUT2D eigenvalue weighted by Crippen LogP contribution is -2.22. The van der Waals surface area contributed by atoms with E-state index in [9.17, 15) is 4.39 Å². The van der Waals surface area contributed by atoms with Crippen LogP contribution < -0.4 is 5.32 Å². The average Bonchev–Trinajstić information content (AvgIpc) is 2.90. The number of nitrogens with zero attached hydrogens (tertiary/aromatic N) is 2. The first-order valence-electron chi connectivity index (χ1n) is 7.58. The Kier molecular flexibility index (Phi) is 5.12. The largest absolute Gasteiger partial charge is 0.313 e. The molecule has 0 bridgehead atoms. The molecule has 21 heavy (non-hydrogen) atoms. The van der Waals surface area contributed by atoms with Crippen molar-refractivity contribution in [1.29, 1.82) is 0 Å². The number of likely N-dealkylation sites (N-methyl/N-ethyl adjacent to an activating group) is 1. The Hall–Kier alpha value is -1.68. The fourth-order valence-electron chi connectivity index (χ4n) is 2.64. The van der Waals surface area contributed by atoms with E-state index < -0.39 is 0 Å². The topological polar surface area (TPSA) is 29.9 Å². The molecule has 0 amide bonds. The number of halogens is 1. The van der Waals surface area contributed by atoms with E-state index in [1.807, 2.05) is 23.9 Å². The normalized spacial score (nSPS) is 12.6. The standard InChI is InChI=1S/C17H24FN3/c1-5-13-10-14(21(6-2)20-13)11-16(19-4)15-9-7-8-12(3)17(15)18/h7-10,16,19H,5-6,11H2,1-4H3. The number of hydrogen-bond acceptors (Lipinski definition) is 2. The highest BCUT2D eigenvalue weighted by molar-refractivity contribution is 5.29. The molecule has 0 spiro atoms. The van der Waals surface area contributed by atoms with Crippen molar-refractivity contribution >= 4 is 0 Å². The molecule has 3 nitrogen and oxygen atoms in total. The van der Waals surface area contributed by atoms with Crippen LogP contribution in [0.25, 0.3) is 0 Å². The summed E-state index contributed by atoms with van der Waals surface area (Å²) in [6.45, 7) is 6.82. The minimum atomic E-state index is -0.116. The predicted octanol–water partition coefficient (Wildman–Crippen LogP) is 3.42. The molecule has 4 heteroatoms. The summed E-state index contributed by atoms with van der Waals surface area (Å²) >= 11 is 0. The highest BCUT2D eigenvalue weighted by Crippen LogP contribution is 2.23. The summed E-state index contributed by atoms with van der Waals surface area (Å²) in [4.78, 5) is 0. The van der Waals surface area contributed by atoms with Crippen LogP contribution in [0.4, 0.5) is 4.39 Å². The van der Waals surface area contributed by atoms with Gasteiger partial charge in [0.25, 0.3) is 0 Å². The van der Waals surface area contributed by atoms with Gasteiger partial charge in [0.1, 0.15) is 5.82 Å². The summed E-state index contributed by atoms with van der Waals surface area (Å²) in [5.74, 6) is -0.116. The number of aryl methyl sites for hydroxylation is 3. The maximum atomic E-state index is 14.3. The van der Waals surface area contributed by atoms with Crippen molar-refractivity contribution in [1.82, 2.24) is 15.1 Å². The van der Waals surface area contributed by atoms with E-state index in [2.05, 4.69) is 30.3 Å². The van der Waals surface area contributed by atoms with E-state index in [4.69, 9.17) is 0 Å². The molecule has 114 valence electrons. The Morgan fingerprint density at radius 3 is 2.71 bits per heavy atom. The van der Waals surface area contributed by atoms with Crippen LogP contribution in [0.15, 0.2) is 24.3 Å². The zero-order valence-corrected chi connectivity index (χ0v) is 13.3. The van der Waals surface area contributed by atoms with Crippen molar-refractivity contribution in [3.63, 3.8) is 0 Å². The molecule has 0 aliphatic carbocycles. The Morgan fingerprint density at radius 2 is 2.10 bits per heavy atom. The van der Waals surface area contributed by atoms with Gasteiger partial charge in [-0.15, -0.1) is 0 Å². The van der Waals surface area contributed by atoms with Gasteiger partial charge in [-0.3, -0.25) is 4.68 Å². The van der Waals surface area contributed by atoms with E-state index in [0.29, 0.717) is 5.56 Å². The molecule has 1 atom stereocenters. The van der Waals surface area contributed by atoms with Gasteiger partial charge in [-0.25, -0.2) is 4.39 Å². The lowest BCUT2D eigenvalue weighted by atomic mass is 9.99. The van der Waals surface area contributed by atoms with E-state index in [0.717, 1.165) is 36.3 Å². The van der Waals surface area contributed by atoms with Crippen molar-refractivity contribution in [2.24, 2.45) is 0 Å². The molecule has 2 rings (SSSR count). The summed E-state index contributed by atoms with van der Waals surface area (Å²) in [5.41, 5.74) is 3.64. The van der Waals surface area contributed by atoms with Gasteiger partial charge in [0.05, 0.1) is 5.69 Å². The first kappa shape index (κ1) is 15.7. The number of nitrogens with one attached hydrogen (secondary N) is 1. The summed E-state index contributed by atoms with van der Waals surface area (Å²) in [6.07, 6.45) is 1.65. The molecule has 1 unspecified atom stereocenters. The highest BCUT2D eigenvalue weighted by atomic mass is 19.1. The molecular formula is C17H24FN3. The summed E-state index contributed by atoms with van der Waals surface area (Å²) in [5, 5.41) is 7.80. The Labute approximate surface area is 126 Å². The lowest BCUT2D eigenvalue weighted by Gasteiger charge is -2.18. The van der Waals surface area contributed by atoms with Crippen LogP contribution in [-0.4, -0.2) is 16.8 Å². The Balaban J connectivity index is 2.31. The number of benzene rings is 1. The SMILES string of the molecule is CCc1cc(CC(NC)c2cccc(C)c2F)n(CC)n1. The predicted molar refractivity (Wildman–Crippen MR) is 83.9 cm³/mol. The smallest absolute Gasteiger partial charge is 0.130 e. The maximum Gasteiger partial charge on any atom is 0.130 e.